The van der Waals surface area contributed by atoms with Gasteiger partial charge in [0.05, 0.1) is 0 Å². The average molecular weight is 176 g/mol. The number of nitrogens with zero attached hydrogens (tertiary/aromatic N) is 1. The summed E-state index contributed by atoms with van der Waals surface area (Å²) in [5.41, 5.74) is 0. The van der Waals surface area contributed by atoms with E-state index in [2.05, 4.69) is 18.7 Å². The van der Waals surface area contributed by atoms with E-state index in [1.54, 1.807) is 0 Å². The van der Waals surface area contributed by atoms with Crippen LogP contribution in [0.4, 0.5) is 0 Å². The molecule has 1 saturated heterocycles. The predicted molar refractivity (Wildman–Crippen MR) is 50.2 cm³/mol. The minimum Gasteiger partial charge on any atom is -0.297 e. The molecule has 0 spiro atoms. The van der Waals surface area contributed by atoms with Crippen molar-refractivity contribution in [2.75, 3.05) is 12.4 Å². The van der Waals surface area contributed by atoms with Gasteiger partial charge in [-0.25, -0.2) is 0 Å². The number of hydrogen-bond donors (Lipinski definition) is 0. The van der Waals surface area contributed by atoms with Crippen molar-refractivity contribution in [3.63, 3.8) is 0 Å². The smallest absolute Gasteiger partial charge is 0.0379 e. The van der Waals surface area contributed by atoms with Crippen LogP contribution in [0.5, 0.6) is 0 Å². The highest BCUT2D eigenvalue weighted by Gasteiger charge is 2.22. The van der Waals surface area contributed by atoms with Crippen molar-refractivity contribution in [2.45, 2.75) is 45.2 Å². The van der Waals surface area contributed by atoms with E-state index in [1.165, 1.54) is 25.8 Å². The lowest BCUT2D eigenvalue weighted by atomic mass is 10.0. The highest BCUT2D eigenvalue weighted by Crippen LogP contribution is 2.19. The van der Waals surface area contributed by atoms with Gasteiger partial charge < -0.3 is 0 Å². The highest BCUT2D eigenvalue weighted by molar-refractivity contribution is 6.18. The van der Waals surface area contributed by atoms with Crippen LogP contribution in [0.15, 0.2) is 0 Å². The summed E-state index contributed by atoms with van der Waals surface area (Å²) in [4.78, 5) is 2.52. The van der Waals surface area contributed by atoms with Crippen LogP contribution in [-0.4, -0.2) is 29.4 Å². The Balaban J connectivity index is 2.44. The summed E-state index contributed by atoms with van der Waals surface area (Å²) in [5, 5.41) is 0. The Morgan fingerprint density at radius 2 is 2.18 bits per heavy atom. The molecule has 11 heavy (non-hydrogen) atoms. The summed E-state index contributed by atoms with van der Waals surface area (Å²) < 4.78 is 0. The van der Waals surface area contributed by atoms with Gasteiger partial charge in [-0.2, -0.15) is 0 Å². The first-order valence-electron chi connectivity index (χ1n) is 4.57. The lowest BCUT2D eigenvalue weighted by molar-refractivity contribution is 0.125. The minimum atomic E-state index is 0.644. The largest absolute Gasteiger partial charge is 0.297 e. The number of rotatable bonds is 2. The first-order valence-corrected chi connectivity index (χ1v) is 5.11. The van der Waals surface area contributed by atoms with Crippen LogP contribution in [-0.2, 0) is 0 Å². The molecule has 0 amide bonds. The zero-order valence-corrected chi connectivity index (χ0v) is 8.27. The predicted octanol–water partition coefficient (Wildman–Crippen LogP) is 2.49. The van der Waals surface area contributed by atoms with E-state index in [0.717, 1.165) is 5.88 Å². The van der Waals surface area contributed by atoms with Crippen molar-refractivity contribution in [1.82, 2.24) is 4.90 Å². The normalized spacial score (nSPS) is 27.8. The van der Waals surface area contributed by atoms with Gasteiger partial charge in [-0.1, -0.05) is 6.42 Å². The quantitative estimate of drug-likeness (QED) is 0.583. The van der Waals surface area contributed by atoms with Gasteiger partial charge in [0.15, 0.2) is 0 Å². The van der Waals surface area contributed by atoms with E-state index in [4.69, 9.17) is 11.6 Å². The first kappa shape index (κ1) is 9.34. The second-order valence-electron chi connectivity index (χ2n) is 3.64. The van der Waals surface area contributed by atoms with Crippen molar-refractivity contribution in [3.05, 3.63) is 0 Å². The Morgan fingerprint density at radius 3 is 2.64 bits per heavy atom. The fourth-order valence-corrected chi connectivity index (χ4v) is 2.20. The SMILES string of the molecule is CC(C)N1CCCCC1CCl. The summed E-state index contributed by atoms with van der Waals surface area (Å²) in [7, 11) is 0. The van der Waals surface area contributed by atoms with Gasteiger partial charge in [-0.05, 0) is 33.2 Å². The van der Waals surface area contributed by atoms with Crippen molar-refractivity contribution < 1.29 is 0 Å². The molecular weight excluding hydrogens is 158 g/mol. The van der Waals surface area contributed by atoms with Gasteiger partial charge in [0.2, 0.25) is 0 Å². The summed E-state index contributed by atoms with van der Waals surface area (Å²) >= 11 is 5.88. The zero-order chi connectivity index (χ0) is 8.27. The molecule has 0 aromatic rings. The molecule has 0 radical (unpaired) electrons. The molecule has 1 rings (SSSR count). The molecule has 1 fully saturated rings. The lowest BCUT2D eigenvalue weighted by Crippen LogP contribution is -2.44. The molecular formula is C9H18ClN. The van der Waals surface area contributed by atoms with Crippen LogP contribution in [0, 0.1) is 0 Å². The molecule has 2 heteroatoms. The van der Waals surface area contributed by atoms with Crippen molar-refractivity contribution in [3.8, 4) is 0 Å². The molecule has 1 heterocycles. The first-order chi connectivity index (χ1) is 5.25. The van der Waals surface area contributed by atoms with Gasteiger partial charge in [0, 0.05) is 18.0 Å². The maximum Gasteiger partial charge on any atom is 0.0379 e. The maximum atomic E-state index is 5.88. The number of likely N-dealkylation sites (tertiary alicyclic amines) is 1. The molecule has 0 aromatic carbocycles. The number of hydrogen-bond acceptors (Lipinski definition) is 1. The van der Waals surface area contributed by atoms with Crippen molar-refractivity contribution in [2.24, 2.45) is 0 Å². The van der Waals surface area contributed by atoms with Crippen molar-refractivity contribution >= 4 is 11.6 Å². The van der Waals surface area contributed by atoms with Crippen LogP contribution < -0.4 is 0 Å². The van der Waals surface area contributed by atoms with E-state index in [9.17, 15) is 0 Å². The minimum absolute atomic E-state index is 0.644. The van der Waals surface area contributed by atoms with E-state index < -0.39 is 0 Å². The van der Waals surface area contributed by atoms with Crippen LogP contribution >= 0.6 is 11.6 Å². The molecule has 0 aromatic heterocycles. The second-order valence-corrected chi connectivity index (χ2v) is 3.94. The Morgan fingerprint density at radius 1 is 1.45 bits per heavy atom. The number of piperidine rings is 1. The van der Waals surface area contributed by atoms with E-state index in [1.807, 2.05) is 0 Å². The van der Waals surface area contributed by atoms with Gasteiger partial charge in [0.25, 0.3) is 0 Å². The molecule has 0 bridgehead atoms. The zero-order valence-electron chi connectivity index (χ0n) is 7.52. The Hall–Kier alpha value is 0.250. The standard InChI is InChI=1S/C9H18ClN/c1-8(2)11-6-4-3-5-9(11)7-10/h8-9H,3-7H2,1-2H3. The summed E-state index contributed by atoms with van der Waals surface area (Å²) in [6.45, 7) is 5.75. The summed E-state index contributed by atoms with van der Waals surface area (Å²) in [6, 6.07) is 1.31. The fraction of sp³-hybridized carbons (Fsp3) is 1.00. The van der Waals surface area contributed by atoms with Gasteiger partial charge in [0.1, 0.15) is 0 Å². The second kappa shape index (κ2) is 4.32. The molecule has 1 unspecified atom stereocenters. The Labute approximate surface area is 74.7 Å². The Kier molecular flexibility index (Phi) is 3.67. The van der Waals surface area contributed by atoms with Gasteiger partial charge in [-0.15, -0.1) is 11.6 Å². The van der Waals surface area contributed by atoms with Gasteiger partial charge in [-0.3, -0.25) is 4.90 Å². The van der Waals surface area contributed by atoms with E-state index in [-0.39, 0.29) is 0 Å². The fourth-order valence-electron chi connectivity index (χ4n) is 1.87. The van der Waals surface area contributed by atoms with Crippen molar-refractivity contribution in [1.29, 1.82) is 0 Å². The third-order valence-electron chi connectivity index (χ3n) is 2.51. The number of halogens is 1. The van der Waals surface area contributed by atoms with E-state index >= 15 is 0 Å². The third-order valence-corrected chi connectivity index (χ3v) is 2.87. The summed E-state index contributed by atoms with van der Waals surface area (Å²) in [6.07, 6.45) is 4.01. The van der Waals surface area contributed by atoms with E-state index in [0.29, 0.717) is 12.1 Å². The molecule has 0 aliphatic carbocycles. The van der Waals surface area contributed by atoms with Crippen LogP contribution in [0.1, 0.15) is 33.1 Å². The van der Waals surface area contributed by atoms with Gasteiger partial charge >= 0.3 is 0 Å². The number of alkyl halides is 1. The highest BCUT2D eigenvalue weighted by atomic mass is 35.5. The molecule has 0 saturated carbocycles. The molecule has 1 atom stereocenters. The topological polar surface area (TPSA) is 3.24 Å². The van der Waals surface area contributed by atoms with Crippen LogP contribution in [0.25, 0.3) is 0 Å². The molecule has 1 aliphatic rings. The molecule has 66 valence electrons. The average Bonchev–Trinajstić information content (AvgIpc) is 2.04. The van der Waals surface area contributed by atoms with Crippen LogP contribution in [0.2, 0.25) is 0 Å². The maximum absolute atomic E-state index is 5.88. The molecule has 1 nitrogen and oxygen atoms in total. The summed E-state index contributed by atoms with van der Waals surface area (Å²) in [5.74, 6) is 0.804. The molecule has 0 N–H and O–H groups in total. The lowest BCUT2D eigenvalue weighted by Gasteiger charge is -2.37. The monoisotopic (exact) mass is 175 g/mol. The molecule has 1 aliphatic heterocycles. The third kappa shape index (κ3) is 2.34. The van der Waals surface area contributed by atoms with Crippen LogP contribution in [0.3, 0.4) is 0 Å². The Bertz CT molecular complexity index is 114.